The van der Waals surface area contributed by atoms with E-state index in [2.05, 4.69) is 12.2 Å². The molecule has 1 aromatic rings. The number of benzene rings is 1. The van der Waals surface area contributed by atoms with Crippen molar-refractivity contribution in [2.75, 3.05) is 6.54 Å². The maximum atomic E-state index is 13.6. The smallest absolute Gasteiger partial charge is 0.126 e. The van der Waals surface area contributed by atoms with E-state index in [1.165, 1.54) is 25.3 Å². The quantitative estimate of drug-likeness (QED) is 0.736. The van der Waals surface area contributed by atoms with Crippen molar-refractivity contribution in [3.63, 3.8) is 0 Å². The van der Waals surface area contributed by atoms with E-state index >= 15 is 0 Å². The molecule has 0 aliphatic heterocycles. The Labute approximate surface area is 120 Å². The van der Waals surface area contributed by atoms with E-state index in [1.807, 2.05) is 0 Å². The Morgan fingerprint density at radius 2 is 2.21 bits per heavy atom. The lowest BCUT2D eigenvalue weighted by molar-refractivity contribution is 0.423. The third-order valence-electron chi connectivity index (χ3n) is 3.82. The second-order valence-corrected chi connectivity index (χ2v) is 5.96. The summed E-state index contributed by atoms with van der Waals surface area (Å²) in [5.41, 5.74) is 0.748. The van der Waals surface area contributed by atoms with Crippen molar-refractivity contribution < 1.29 is 4.39 Å². The van der Waals surface area contributed by atoms with Crippen LogP contribution in [0, 0.1) is 11.7 Å². The molecule has 1 nitrogen and oxygen atoms in total. The minimum absolute atomic E-state index is 0.131. The predicted molar refractivity (Wildman–Crippen MR) is 79.2 cm³/mol. The van der Waals surface area contributed by atoms with Crippen LogP contribution in [-0.2, 0) is 6.42 Å². The van der Waals surface area contributed by atoms with Gasteiger partial charge in [0, 0.05) is 11.1 Å². The minimum Gasteiger partial charge on any atom is -0.314 e. The van der Waals surface area contributed by atoms with Gasteiger partial charge < -0.3 is 5.32 Å². The number of aryl methyl sites for hydroxylation is 1. The molecule has 106 valence electrons. The van der Waals surface area contributed by atoms with Crippen molar-refractivity contribution >= 4 is 11.6 Å². The lowest BCUT2D eigenvalue weighted by Crippen LogP contribution is -2.31. The van der Waals surface area contributed by atoms with Gasteiger partial charge in [-0.15, -0.1) is 0 Å². The van der Waals surface area contributed by atoms with Gasteiger partial charge in [0.15, 0.2) is 0 Å². The summed E-state index contributed by atoms with van der Waals surface area (Å²) >= 11 is 5.91. The maximum Gasteiger partial charge on any atom is 0.126 e. The van der Waals surface area contributed by atoms with Crippen LogP contribution in [0.5, 0.6) is 0 Å². The monoisotopic (exact) mass is 283 g/mol. The number of nitrogens with one attached hydrogen (secondary N) is 1. The molecule has 0 heterocycles. The van der Waals surface area contributed by atoms with Crippen molar-refractivity contribution in [1.82, 2.24) is 5.32 Å². The van der Waals surface area contributed by atoms with Crippen LogP contribution in [0.15, 0.2) is 18.2 Å². The van der Waals surface area contributed by atoms with E-state index in [1.54, 1.807) is 12.1 Å². The van der Waals surface area contributed by atoms with E-state index in [4.69, 9.17) is 11.6 Å². The summed E-state index contributed by atoms with van der Waals surface area (Å²) in [7, 11) is 0. The summed E-state index contributed by atoms with van der Waals surface area (Å²) in [6.45, 7) is 3.28. The Kier molecular flexibility index (Phi) is 5.65. The first-order valence-electron chi connectivity index (χ1n) is 7.38. The highest BCUT2D eigenvalue weighted by Crippen LogP contribution is 2.34. The molecule has 0 aromatic heterocycles. The van der Waals surface area contributed by atoms with E-state index in [0.717, 1.165) is 37.3 Å². The Bertz CT molecular complexity index is 404. The molecular formula is C16H23ClFN. The number of hydrogen-bond acceptors (Lipinski definition) is 1. The first-order valence-corrected chi connectivity index (χ1v) is 7.75. The molecule has 19 heavy (non-hydrogen) atoms. The van der Waals surface area contributed by atoms with Crippen molar-refractivity contribution in [2.24, 2.45) is 5.92 Å². The predicted octanol–water partition coefficient (Wildman–Crippen LogP) is 4.58. The summed E-state index contributed by atoms with van der Waals surface area (Å²) in [5, 5.41) is 4.25. The first-order chi connectivity index (χ1) is 9.20. The van der Waals surface area contributed by atoms with Gasteiger partial charge in [-0.25, -0.2) is 4.39 Å². The van der Waals surface area contributed by atoms with Crippen LogP contribution in [0.3, 0.4) is 0 Å². The van der Waals surface area contributed by atoms with Gasteiger partial charge in [-0.1, -0.05) is 18.5 Å². The molecular weight excluding hydrogens is 261 g/mol. The normalized spacial score (nSPS) is 16.6. The fraction of sp³-hybridized carbons (Fsp3) is 0.625. The molecule has 0 bridgehead atoms. The summed E-state index contributed by atoms with van der Waals surface area (Å²) in [5.74, 6) is 0.727. The van der Waals surface area contributed by atoms with Crippen molar-refractivity contribution in [3.8, 4) is 0 Å². The van der Waals surface area contributed by atoms with Gasteiger partial charge in [-0.05, 0) is 74.8 Å². The largest absolute Gasteiger partial charge is 0.314 e. The molecule has 1 unspecified atom stereocenters. The van der Waals surface area contributed by atoms with E-state index in [9.17, 15) is 4.39 Å². The van der Waals surface area contributed by atoms with Crippen LogP contribution in [0.2, 0.25) is 5.02 Å². The van der Waals surface area contributed by atoms with Crippen LogP contribution in [0.25, 0.3) is 0 Å². The number of halogens is 2. The lowest BCUT2D eigenvalue weighted by Gasteiger charge is -2.17. The van der Waals surface area contributed by atoms with Gasteiger partial charge >= 0.3 is 0 Å². The molecule has 1 atom stereocenters. The third-order valence-corrected chi connectivity index (χ3v) is 4.05. The third kappa shape index (κ3) is 4.77. The molecule has 1 aliphatic rings. The van der Waals surface area contributed by atoms with Gasteiger partial charge in [0.05, 0.1) is 0 Å². The number of rotatable bonds is 8. The molecule has 3 heteroatoms. The average Bonchev–Trinajstić information content (AvgIpc) is 3.22. The molecule has 0 amide bonds. The zero-order valence-corrected chi connectivity index (χ0v) is 12.3. The highest BCUT2D eigenvalue weighted by molar-refractivity contribution is 6.30. The van der Waals surface area contributed by atoms with Crippen molar-refractivity contribution in [3.05, 3.63) is 34.6 Å². The van der Waals surface area contributed by atoms with Crippen LogP contribution in [0.4, 0.5) is 4.39 Å². The summed E-state index contributed by atoms with van der Waals surface area (Å²) in [6, 6.07) is 5.45. The highest BCUT2D eigenvalue weighted by atomic mass is 35.5. The van der Waals surface area contributed by atoms with Crippen molar-refractivity contribution in [2.45, 2.75) is 51.5 Å². The standard InChI is InChI=1S/C16H23ClFN/c1-2-10-19-16(12-6-7-12)5-3-4-13-11-14(17)8-9-15(13)18/h8-9,11-12,16,19H,2-7,10H2,1H3. The molecule has 0 radical (unpaired) electrons. The molecule has 0 saturated heterocycles. The Morgan fingerprint density at radius 3 is 2.89 bits per heavy atom. The molecule has 1 N–H and O–H groups in total. The number of hydrogen-bond donors (Lipinski definition) is 1. The fourth-order valence-electron chi connectivity index (χ4n) is 2.58. The van der Waals surface area contributed by atoms with Gasteiger partial charge in [0.25, 0.3) is 0 Å². The summed E-state index contributed by atoms with van der Waals surface area (Å²) in [4.78, 5) is 0. The van der Waals surface area contributed by atoms with Gasteiger partial charge in [-0.2, -0.15) is 0 Å². The molecule has 1 saturated carbocycles. The van der Waals surface area contributed by atoms with Crippen LogP contribution < -0.4 is 5.32 Å². The van der Waals surface area contributed by atoms with Gasteiger partial charge in [-0.3, -0.25) is 0 Å². The first kappa shape index (κ1) is 14.8. The topological polar surface area (TPSA) is 12.0 Å². The SMILES string of the molecule is CCCNC(CCCc1cc(Cl)ccc1F)C1CC1. The van der Waals surface area contributed by atoms with Crippen LogP contribution in [0.1, 0.15) is 44.6 Å². The van der Waals surface area contributed by atoms with Crippen molar-refractivity contribution in [1.29, 1.82) is 0 Å². The van der Waals surface area contributed by atoms with Crippen LogP contribution in [-0.4, -0.2) is 12.6 Å². The molecule has 1 fully saturated rings. The van der Waals surface area contributed by atoms with Crippen LogP contribution >= 0.6 is 11.6 Å². The molecule has 2 rings (SSSR count). The summed E-state index contributed by atoms with van der Waals surface area (Å²) < 4.78 is 13.6. The van der Waals surface area contributed by atoms with Gasteiger partial charge in [0.2, 0.25) is 0 Å². The molecule has 1 aliphatic carbocycles. The second-order valence-electron chi connectivity index (χ2n) is 5.53. The van der Waals surface area contributed by atoms with E-state index < -0.39 is 0 Å². The fourth-order valence-corrected chi connectivity index (χ4v) is 2.77. The Balaban J connectivity index is 1.79. The zero-order chi connectivity index (χ0) is 13.7. The molecule has 0 spiro atoms. The Morgan fingerprint density at radius 1 is 1.42 bits per heavy atom. The zero-order valence-electron chi connectivity index (χ0n) is 11.6. The highest BCUT2D eigenvalue weighted by Gasteiger charge is 2.30. The van der Waals surface area contributed by atoms with E-state index in [-0.39, 0.29) is 5.82 Å². The summed E-state index contributed by atoms with van der Waals surface area (Å²) in [6.07, 6.45) is 6.82. The maximum absolute atomic E-state index is 13.6. The average molecular weight is 284 g/mol. The second kappa shape index (κ2) is 7.25. The lowest BCUT2D eigenvalue weighted by atomic mass is 10.0. The minimum atomic E-state index is -0.131. The Hall–Kier alpha value is -0.600. The van der Waals surface area contributed by atoms with Gasteiger partial charge in [0.1, 0.15) is 5.82 Å². The van der Waals surface area contributed by atoms with E-state index in [0.29, 0.717) is 11.1 Å². The molecule has 1 aromatic carbocycles.